The normalized spacial score (nSPS) is 15.8. The summed E-state index contributed by atoms with van der Waals surface area (Å²) in [5.74, 6) is -7.13. The second-order valence-electron chi connectivity index (χ2n) is 2.61. The molecule has 0 aliphatic rings. The van der Waals surface area contributed by atoms with E-state index in [0.717, 1.165) is 0 Å². The molecule has 0 saturated heterocycles. The fourth-order valence-electron chi connectivity index (χ4n) is 0.517. The van der Waals surface area contributed by atoms with Crippen LogP contribution in [0.4, 0.5) is 34.6 Å². The minimum atomic E-state index is -7.17. The van der Waals surface area contributed by atoms with Crippen molar-refractivity contribution in [2.75, 3.05) is 0 Å². The van der Waals surface area contributed by atoms with E-state index in [1.165, 1.54) is 0 Å². The molecule has 1 N–H and O–H groups in total. The van der Waals surface area contributed by atoms with Crippen molar-refractivity contribution in [1.29, 1.82) is 0 Å². The molecule has 0 aromatic rings. The van der Waals surface area contributed by atoms with Gasteiger partial charge in [-0.25, -0.2) is 8.42 Å². The molecular formula is C3HF8NO4S2. The molecule has 0 atom stereocenters. The molecule has 0 radical (unpaired) electrons. The highest BCUT2D eigenvalue weighted by molar-refractivity contribution is 8.03. The fraction of sp³-hybridized carbons (Fsp3) is 1.00. The minimum Gasteiger partial charge on any atom is -0.205 e. The molecule has 0 bridgehead atoms. The average molecular weight is 331 g/mol. The zero-order valence-electron chi connectivity index (χ0n) is 7.47. The van der Waals surface area contributed by atoms with Gasteiger partial charge in [-0.05, 0) is 0 Å². The first-order valence-corrected chi connectivity index (χ1v) is 6.12. The maximum absolute atomic E-state index is 12.5. The third-order valence-electron chi connectivity index (χ3n) is 1.27. The summed E-state index contributed by atoms with van der Waals surface area (Å²) in [5.41, 5.74) is 0. The summed E-state index contributed by atoms with van der Waals surface area (Å²) in [4.78, 5) is 0. The maximum atomic E-state index is 12.5. The van der Waals surface area contributed by atoms with Crippen molar-refractivity contribution < 1.29 is 51.5 Å². The van der Waals surface area contributed by atoms with Gasteiger partial charge in [0.1, 0.15) is 0 Å². The van der Waals surface area contributed by atoms with Gasteiger partial charge in [0.2, 0.25) is 0 Å². The van der Waals surface area contributed by atoms with Gasteiger partial charge < -0.3 is 0 Å². The second-order valence-corrected chi connectivity index (χ2v) is 5.68. The Morgan fingerprint density at radius 2 is 1.11 bits per heavy atom. The van der Waals surface area contributed by atoms with Crippen molar-refractivity contribution in [3.8, 4) is 0 Å². The van der Waals surface area contributed by atoms with E-state index < -0.39 is 41.9 Å². The van der Waals surface area contributed by atoms with Crippen LogP contribution in [0.15, 0.2) is 0 Å². The van der Waals surface area contributed by atoms with Gasteiger partial charge in [-0.15, -0.1) is 0 Å². The van der Waals surface area contributed by atoms with Crippen molar-refractivity contribution in [2.24, 2.45) is 0 Å². The Kier molecular flexibility index (Phi) is 3.99. The molecule has 0 heterocycles. The predicted octanol–water partition coefficient (Wildman–Crippen LogP) is 0.911. The van der Waals surface area contributed by atoms with Gasteiger partial charge in [-0.3, -0.25) is 0 Å². The Bertz CT molecular complexity index is 517. The molecule has 0 aliphatic carbocycles. The zero-order chi connectivity index (χ0) is 15.2. The molecule has 0 aliphatic heterocycles. The highest BCUT2D eigenvalue weighted by Crippen LogP contribution is 2.48. The number of alkyl halides is 7. The van der Waals surface area contributed by atoms with E-state index in [9.17, 15) is 51.5 Å². The highest BCUT2D eigenvalue weighted by atomic mass is 32.3. The summed E-state index contributed by atoms with van der Waals surface area (Å²) in [5, 5.41) is -6.93. The maximum Gasteiger partial charge on any atom is 0.461 e. The Morgan fingerprint density at radius 3 is 1.33 bits per heavy atom. The molecule has 0 saturated carbocycles. The Labute approximate surface area is 94.2 Å². The van der Waals surface area contributed by atoms with E-state index in [1.54, 1.807) is 0 Å². The summed E-state index contributed by atoms with van der Waals surface area (Å²) >= 11 is 0. The van der Waals surface area contributed by atoms with E-state index in [4.69, 9.17) is 0 Å². The minimum absolute atomic E-state index is 0.638. The highest BCUT2D eigenvalue weighted by Gasteiger charge is 2.79. The molecule has 0 fully saturated rings. The number of rotatable bonds is 4. The summed E-state index contributed by atoms with van der Waals surface area (Å²) in [6.07, 6.45) is -7.01. The molecule has 18 heavy (non-hydrogen) atoms. The van der Waals surface area contributed by atoms with Gasteiger partial charge in [-0.2, -0.15) is 39.2 Å². The van der Waals surface area contributed by atoms with Crippen molar-refractivity contribution >= 4 is 20.4 Å². The summed E-state index contributed by atoms with van der Waals surface area (Å²) in [7, 11) is -13.7. The number of hydrogen-bond donors (Lipinski definition) is 1. The molecule has 0 unspecified atom stereocenters. The molecule has 0 rings (SSSR count). The fourth-order valence-corrected chi connectivity index (χ4v) is 2.44. The smallest absolute Gasteiger partial charge is 0.205 e. The van der Waals surface area contributed by atoms with Crippen LogP contribution < -0.4 is 4.13 Å². The van der Waals surface area contributed by atoms with Crippen LogP contribution in [0.25, 0.3) is 0 Å². The van der Waals surface area contributed by atoms with Crippen LogP contribution >= 0.6 is 0 Å². The van der Waals surface area contributed by atoms with Crippen LogP contribution in [0.2, 0.25) is 0 Å². The Morgan fingerprint density at radius 1 is 0.778 bits per heavy atom. The van der Waals surface area contributed by atoms with Gasteiger partial charge >= 0.3 is 27.8 Å². The van der Waals surface area contributed by atoms with Gasteiger partial charge in [-0.1, -0.05) is 8.01 Å². The Hall–Kier alpha value is -0.700. The predicted molar refractivity (Wildman–Crippen MR) is 38.0 cm³/mol. The van der Waals surface area contributed by atoms with Crippen molar-refractivity contribution in [3.05, 3.63) is 0 Å². The van der Waals surface area contributed by atoms with Crippen LogP contribution in [0, 0.1) is 0 Å². The lowest BCUT2D eigenvalue weighted by Gasteiger charge is -2.26. The molecule has 0 spiro atoms. The lowest BCUT2D eigenvalue weighted by Crippen LogP contribution is -2.59. The molecule has 0 aromatic heterocycles. The summed E-state index contributed by atoms with van der Waals surface area (Å²) in [6.45, 7) is 0. The average Bonchev–Trinajstić information content (AvgIpc) is 1.95. The van der Waals surface area contributed by atoms with Crippen LogP contribution in [0.1, 0.15) is 0 Å². The van der Waals surface area contributed by atoms with E-state index >= 15 is 0 Å². The first kappa shape index (κ1) is 17.3. The van der Waals surface area contributed by atoms with E-state index in [2.05, 4.69) is 0 Å². The lowest BCUT2D eigenvalue weighted by atomic mass is 10.3. The number of hydrogen-bond acceptors (Lipinski definition) is 4. The second kappa shape index (κ2) is 4.16. The first-order chi connectivity index (χ1) is 7.46. The van der Waals surface area contributed by atoms with Crippen LogP contribution in [0.5, 0.6) is 0 Å². The molecule has 0 amide bonds. The molecular weight excluding hydrogens is 330 g/mol. The SMILES string of the molecule is O=S(=O)(F)NS(=O)(=O)C(F)(F)C(F)(F)C(F)(F)F. The van der Waals surface area contributed by atoms with Gasteiger partial charge in [0.25, 0.3) is 10.0 Å². The molecule has 110 valence electrons. The van der Waals surface area contributed by atoms with Crippen molar-refractivity contribution in [3.63, 3.8) is 0 Å². The van der Waals surface area contributed by atoms with E-state index in [-0.39, 0.29) is 0 Å². The largest absolute Gasteiger partial charge is 0.461 e. The van der Waals surface area contributed by atoms with Gasteiger partial charge in [0, 0.05) is 0 Å². The Balaban J connectivity index is 5.82. The van der Waals surface area contributed by atoms with Crippen molar-refractivity contribution in [2.45, 2.75) is 17.4 Å². The van der Waals surface area contributed by atoms with Gasteiger partial charge in [0.15, 0.2) is 0 Å². The lowest BCUT2D eigenvalue weighted by molar-refractivity contribution is -0.332. The van der Waals surface area contributed by atoms with Crippen LogP contribution in [-0.2, 0) is 20.4 Å². The van der Waals surface area contributed by atoms with Gasteiger partial charge in [0.05, 0.1) is 0 Å². The first-order valence-electron chi connectivity index (χ1n) is 3.26. The standard InChI is InChI=1S/C3HF8NO4S2/c4-1(5,2(6,7)8)3(9,10)17(13,14)12-18(11,15)16/h12H. The third kappa shape index (κ3) is 3.00. The molecule has 15 heteroatoms. The zero-order valence-corrected chi connectivity index (χ0v) is 9.11. The quantitative estimate of drug-likeness (QED) is 0.613. The molecule has 0 aromatic carbocycles. The summed E-state index contributed by atoms with van der Waals surface area (Å²) in [6, 6.07) is 0. The van der Waals surface area contributed by atoms with Crippen molar-refractivity contribution in [1.82, 2.24) is 4.13 Å². The number of nitrogens with one attached hydrogen (secondary N) is 1. The molecule has 5 nitrogen and oxygen atoms in total. The van der Waals surface area contributed by atoms with Crippen LogP contribution in [-0.4, -0.2) is 34.2 Å². The number of sulfonamides is 1. The topological polar surface area (TPSA) is 80.3 Å². The number of halogens is 8. The summed E-state index contributed by atoms with van der Waals surface area (Å²) < 4.78 is 135. The van der Waals surface area contributed by atoms with E-state index in [0.29, 0.717) is 0 Å². The third-order valence-corrected chi connectivity index (χ3v) is 3.87. The van der Waals surface area contributed by atoms with E-state index in [1.807, 2.05) is 0 Å². The monoisotopic (exact) mass is 331 g/mol. The van der Waals surface area contributed by atoms with Crippen LogP contribution in [0.3, 0.4) is 0 Å².